The molecule has 1 fully saturated rings. The molecule has 0 saturated carbocycles. The molecule has 1 heterocycles. The lowest BCUT2D eigenvalue weighted by molar-refractivity contribution is 0.102. The minimum absolute atomic E-state index is 0.120. The molecule has 0 radical (unpaired) electrons. The number of benzene rings is 4. The van der Waals surface area contributed by atoms with E-state index < -0.39 is 10.0 Å². The smallest absolute Gasteiger partial charge is 0.261 e. The van der Waals surface area contributed by atoms with E-state index in [0.717, 1.165) is 29.5 Å². The number of hydrogen-bond donors (Lipinski definition) is 2. The number of carbonyl (C=O) groups is 1. The van der Waals surface area contributed by atoms with Gasteiger partial charge < -0.3 is 10.2 Å². The first-order chi connectivity index (χ1) is 17.0. The Morgan fingerprint density at radius 1 is 0.743 bits per heavy atom. The molecule has 178 valence electrons. The number of hydrogen-bond acceptors (Lipinski definition) is 4. The maximum atomic E-state index is 13.0. The Labute approximate surface area is 205 Å². The average Bonchev–Trinajstić information content (AvgIpc) is 2.90. The number of piperidine rings is 1. The Morgan fingerprint density at radius 2 is 1.43 bits per heavy atom. The summed E-state index contributed by atoms with van der Waals surface area (Å²) in [6, 6.07) is 26.9. The van der Waals surface area contributed by atoms with Crippen LogP contribution in [0.3, 0.4) is 0 Å². The van der Waals surface area contributed by atoms with Crippen LogP contribution in [0.2, 0.25) is 0 Å². The van der Waals surface area contributed by atoms with Gasteiger partial charge in [0, 0.05) is 35.4 Å². The molecule has 1 amide bonds. The monoisotopic (exact) mass is 485 g/mol. The fourth-order valence-electron chi connectivity index (χ4n) is 4.41. The molecule has 1 aliphatic heterocycles. The van der Waals surface area contributed by atoms with Gasteiger partial charge in [-0.1, -0.05) is 36.4 Å². The molecule has 0 bridgehead atoms. The minimum atomic E-state index is -3.79. The van der Waals surface area contributed by atoms with Crippen molar-refractivity contribution < 1.29 is 13.2 Å². The molecule has 1 saturated heterocycles. The molecule has 0 atom stereocenters. The van der Waals surface area contributed by atoms with Gasteiger partial charge in [0.1, 0.15) is 0 Å². The van der Waals surface area contributed by atoms with E-state index in [1.807, 2.05) is 60.7 Å². The van der Waals surface area contributed by atoms with E-state index >= 15 is 0 Å². The lowest BCUT2D eigenvalue weighted by Crippen LogP contribution is -2.29. The van der Waals surface area contributed by atoms with Crippen molar-refractivity contribution in [3.63, 3.8) is 0 Å². The van der Waals surface area contributed by atoms with Crippen LogP contribution in [0, 0.1) is 0 Å². The van der Waals surface area contributed by atoms with Gasteiger partial charge in [-0.15, -0.1) is 0 Å². The molecular formula is C28H27N3O3S. The van der Waals surface area contributed by atoms with Gasteiger partial charge in [0.25, 0.3) is 15.9 Å². The zero-order chi connectivity index (χ0) is 24.3. The number of fused-ring (bicyclic) bond motifs is 1. The summed E-state index contributed by atoms with van der Waals surface area (Å²) in [7, 11) is -3.79. The van der Waals surface area contributed by atoms with E-state index in [0.29, 0.717) is 16.9 Å². The third-order valence-corrected chi connectivity index (χ3v) is 7.69. The van der Waals surface area contributed by atoms with Crippen LogP contribution in [0.4, 0.5) is 17.1 Å². The highest BCUT2D eigenvalue weighted by atomic mass is 32.2. The molecule has 6 nitrogen and oxygen atoms in total. The first-order valence-electron chi connectivity index (χ1n) is 11.8. The molecule has 5 rings (SSSR count). The number of nitrogens with zero attached hydrogens (tertiary/aromatic N) is 1. The number of nitrogens with one attached hydrogen (secondary N) is 2. The SMILES string of the molecule is O=C(Nc1ccc(S(=O)(=O)Nc2cccc3ccccc23)cc1)c1ccc(N2CCCCC2)cc1. The zero-order valence-corrected chi connectivity index (χ0v) is 20.1. The van der Waals surface area contributed by atoms with Gasteiger partial charge >= 0.3 is 0 Å². The van der Waals surface area contributed by atoms with Gasteiger partial charge in [0.15, 0.2) is 0 Å². The predicted octanol–water partition coefficient (Wildman–Crippen LogP) is 5.88. The Bertz CT molecular complexity index is 1440. The summed E-state index contributed by atoms with van der Waals surface area (Å²) < 4.78 is 28.6. The van der Waals surface area contributed by atoms with Crippen LogP contribution in [0.5, 0.6) is 0 Å². The van der Waals surface area contributed by atoms with E-state index in [1.165, 1.54) is 31.4 Å². The van der Waals surface area contributed by atoms with Crippen molar-refractivity contribution in [2.75, 3.05) is 28.0 Å². The number of sulfonamides is 1. The fraction of sp³-hybridized carbons (Fsp3) is 0.179. The molecule has 7 heteroatoms. The van der Waals surface area contributed by atoms with Crippen molar-refractivity contribution in [2.45, 2.75) is 24.2 Å². The summed E-state index contributed by atoms with van der Waals surface area (Å²) in [4.78, 5) is 15.2. The highest BCUT2D eigenvalue weighted by Gasteiger charge is 2.16. The molecular weight excluding hydrogens is 458 g/mol. The van der Waals surface area contributed by atoms with Crippen molar-refractivity contribution >= 4 is 43.8 Å². The third-order valence-electron chi connectivity index (χ3n) is 6.31. The van der Waals surface area contributed by atoms with Gasteiger partial charge in [-0.3, -0.25) is 9.52 Å². The quantitative estimate of drug-likeness (QED) is 0.357. The molecule has 1 aliphatic rings. The van der Waals surface area contributed by atoms with Crippen molar-refractivity contribution in [1.82, 2.24) is 0 Å². The Kier molecular flexibility index (Phi) is 6.42. The topological polar surface area (TPSA) is 78.5 Å². The first-order valence-corrected chi connectivity index (χ1v) is 13.2. The second kappa shape index (κ2) is 9.80. The van der Waals surface area contributed by atoms with E-state index in [4.69, 9.17) is 0 Å². The van der Waals surface area contributed by atoms with Crippen LogP contribution in [0.25, 0.3) is 10.8 Å². The normalized spacial score (nSPS) is 14.0. The second-order valence-corrected chi connectivity index (χ2v) is 10.4. The number of rotatable bonds is 6. The summed E-state index contributed by atoms with van der Waals surface area (Å²) in [5.74, 6) is -0.236. The van der Waals surface area contributed by atoms with E-state index in [9.17, 15) is 13.2 Å². The maximum absolute atomic E-state index is 13.0. The maximum Gasteiger partial charge on any atom is 0.261 e. The summed E-state index contributed by atoms with van der Waals surface area (Å²) in [6.07, 6.45) is 3.67. The number of carbonyl (C=O) groups excluding carboxylic acids is 1. The molecule has 4 aromatic carbocycles. The fourth-order valence-corrected chi connectivity index (χ4v) is 5.49. The van der Waals surface area contributed by atoms with E-state index in [1.54, 1.807) is 18.2 Å². The summed E-state index contributed by atoms with van der Waals surface area (Å²) in [5, 5.41) is 4.62. The van der Waals surface area contributed by atoms with Crippen molar-refractivity contribution in [2.24, 2.45) is 0 Å². The molecule has 35 heavy (non-hydrogen) atoms. The van der Waals surface area contributed by atoms with Gasteiger partial charge in [-0.25, -0.2) is 8.42 Å². The number of anilines is 3. The van der Waals surface area contributed by atoms with Crippen molar-refractivity contribution in [3.05, 3.63) is 96.6 Å². The lowest BCUT2D eigenvalue weighted by Gasteiger charge is -2.28. The lowest BCUT2D eigenvalue weighted by atomic mass is 10.1. The van der Waals surface area contributed by atoms with Crippen LogP contribution < -0.4 is 14.9 Å². The molecule has 0 aliphatic carbocycles. The van der Waals surface area contributed by atoms with Crippen LogP contribution in [0.15, 0.2) is 95.9 Å². The minimum Gasteiger partial charge on any atom is -0.372 e. The first kappa shape index (κ1) is 22.9. The molecule has 0 aromatic heterocycles. The Balaban J connectivity index is 1.26. The number of amides is 1. The summed E-state index contributed by atoms with van der Waals surface area (Å²) >= 11 is 0. The zero-order valence-electron chi connectivity index (χ0n) is 19.3. The van der Waals surface area contributed by atoms with Gasteiger partial charge in [0.05, 0.1) is 10.6 Å². The van der Waals surface area contributed by atoms with Gasteiger partial charge in [-0.05, 0) is 79.2 Å². The summed E-state index contributed by atoms with van der Waals surface area (Å²) in [6.45, 7) is 2.10. The van der Waals surface area contributed by atoms with E-state index in [2.05, 4.69) is 14.9 Å². The average molecular weight is 486 g/mol. The Hall–Kier alpha value is -3.84. The standard InChI is InChI=1S/C28H27N3O3S/c32-28(22-11-15-24(16-12-22)31-19-4-1-5-20-31)29-23-13-17-25(18-14-23)35(33,34)30-27-10-6-8-21-7-2-3-9-26(21)27/h2-3,6-18,30H,1,4-5,19-20H2,(H,29,32). The highest BCUT2D eigenvalue weighted by molar-refractivity contribution is 7.92. The molecule has 0 spiro atoms. The summed E-state index contributed by atoms with van der Waals surface area (Å²) in [5.41, 5.74) is 2.74. The second-order valence-electron chi connectivity index (χ2n) is 8.71. The molecule has 4 aromatic rings. The highest BCUT2D eigenvalue weighted by Crippen LogP contribution is 2.26. The molecule has 0 unspecified atom stereocenters. The van der Waals surface area contributed by atoms with Crippen LogP contribution in [-0.4, -0.2) is 27.4 Å². The van der Waals surface area contributed by atoms with E-state index in [-0.39, 0.29) is 10.8 Å². The van der Waals surface area contributed by atoms with Crippen molar-refractivity contribution in [1.29, 1.82) is 0 Å². The van der Waals surface area contributed by atoms with Crippen molar-refractivity contribution in [3.8, 4) is 0 Å². The largest absolute Gasteiger partial charge is 0.372 e. The van der Waals surface area contributed by atoms with Crippen LogP contribution >= 0.6 is 0 Å². The third kappa shape index (κ3) is 5.15. The predicted molar refractivity (Wildman–Crippen MR) is 142 cm³/mol. The molecule has 2 N–H and O–H groups in total. The van der Waals surface area contributed by atoms with Crippen LogP contribution in [0.1, 0.15) is 29.6 Å². The Morgan fingerprint density at radius 3 is 2.17 bits per heavy atom. The van der Waals surface area contributed by atoms with Crippen LogP contribution in [-0.2, 0) is 10.0 Å². The van der Waals surface area contributed by atoms with Gasteiger partial charge in [-0.2, -0.15) is 0 Å². The van der Waals surface area contributed by atoms with Gasteiger partial charge in [0.2, 0.25) is 0 Å².